The molecule has 5 nitrogen and oxygen atoms in total. The van der Waals surface area contributed by atoms with Crippen LogP contribution in [-0.2, 0) is 6.54 Å². The van der Waals surface area contributed by atoms with Crippen LogP contribution in [0.3, 0.4) is 0 Å². The van der Waals surface area contributed by atoms with Crippen LogP contribution in [0.4, 0.5) is 0 Å². The standard InChI is InChI=1S/C15H20N4O/c1-15(2,3)19-14(16)17-9-12-10-20-13(18-12)11-7-5-4-6-8-11/h4-8,10H,9H2,1-3H3,(H3,16,17,19). The highest BCUT2D eigenvalue weighted by molar-refractivity contribution is 5.78. The first-order chi connectivity index (χ1) is 9.44. The minimum atomic E-state index is -0.105. The zero-order valence-corrected chi connectivity index (χ0v) is 12.1. The van der Waals surface area contributed by atoms with Crippen molar-refractivity contribution < 1.29 is 4.42 Å². The normalized spacial score (nSPS) is 12.4. The van der Waals surface area contributed by atoms with Gasteiger partial charge >= 0.3 is 0 Å². The molecule has 2 aromatic rings. The molecule has 0 aliphatic heterocycles. The third kappa shape index (κ3) is 4.12. The summed E-state index contributed by atoms with van der Waals surface area (Å²) in [5.41, 5.74) is 7.40. The SMILES string of the molecule is CC(C)(C)NC(N)=NCc1coc(-c2ccccc2)n1. The third-order valence-electron chi connectivity index (χ3n) is 2.49. The van der Waals surface area contributed by atoms with Gasteiger partial charge in [-0.3, -0.25) is 0 Å². The average Bonchev–Trinajstić information content (AvgIpc) is 2.84. The lowest BCUT2D eigenvalue weighted by atomic mass is 10.1. The van der Waals surface area contributed by atoms with Crippen LogP contribution in [-0.4, -0.2) is 16.5 Å². The number of oxazole rings is 1. The van der Waals surface area contributed by atoms with Gasteiger partial charge in [-0.25, -0.2) is 9.98 Å². The van der Waals surface area contributed by atoms with Crippen LogP contribution in [0.15, 0.2) is 46.0 Å². The fraction of sp³-hybridized carbons (Fsp3) is 0.333. The Morgan fingerprint density at radius 1 is 1.30 bits per heavy atom. The summed E-state index contributed by atoms with van der Waals surface area (Å²) >= 11 is 0. The first-order valence-electron chi connectivity index (χ1n) is 6.52. The first kappa shape index (κ1) is 14.1. The van der Waals surface area contributed by atoms with Crippen LogP contribution in [0.25, 0.3) is 11.5 Å². The number of nitrogens with one attached hydrogen (secondary N) is 1. The van der Waals surface area contributed by atoms with Gasteiger partial charge in [-0.1, -0.05) is 18.2 Å². The van der Waals surface area contributed by atoms with Crippen molar-refractivity contribution in [3.05, 3.63) is 42.3 Å². The predicted molar refractivity (Wildman–Crippen MR) is 80.2 cm³/mol. The fourth-order valence-corrected chi connectivity index (χ4v) is 1.68. The van der Waals surface area contributed by atoms with E-state index < -0.39 is 0 Å². The van der Waals surface area contributed by atoms with E-state index in [0.29, 0.717) is 18.4 Å². The molecular weight excluding hydrogens is 252 g/mol. The Kier molecular flexibility index (Phi) is 4.08. The highest BCUT2D eigenvalue weighted by Gasteiger charge is 2.10. The van der Waals surface area contributed by atoms with Gasteiger partial charge in [0.15, 0.2) is 5.96 Å². The minimum absolute atomic E-state index is 0.105. The van der Waals surface area contributed by atoms with Crippen molar-refractivity contribution in [3.8, 4) is 11.5 Å². The predicted octanol–water partition coefficient (Wildman–Crippen LogP) is 2.54. The lowest BCUT2D eigenvalue weighted by Gasteiger charge is -2.20. The number of benzene rings is 1. The van der Waals surface area contributed by atoms with Gasteiger partial charge in [0.05, 0.1) is 6.54 Å². The average molecular weight is 272 g/mol. The Bertz CT molecular complexity index is 581. The van der Waals surface area contributed by atoms with Crippen molar-refractivity contribution in [1.82, 2.24) is 10.3 Å². The number of hydrogen-bond donors (Lipinski definition) is 2. The summed E-state index contributed by atoms with van der Waals surface area (Å²) in [6.07, 6.45) is 1.61. The van der Waals surface area contributed by atoms with Gasteiger partial charge in [0, 0.05) is 11.1 Å². The minimum Gasteiger partial charge on any atom is -0.444 e. The van der Waals surface area contributed by atoms with Crippen LogP contribution in [0.5, 0.6) is 0 Å². The van der Waals surface area contributed by atoms with E-state index in [4.69, 9.17) is 10.2 Å². The number of aromatic nitrogens is 1. The Morgan fingerprint density at radius 3 is 2.65 bits per heavy atom. The molecule has 5 heteroatoms. The molecule has 0 atom stereocenters. The highest BCUT2D eigenvalue weighted by atomic mass is 16.3. The number of nitrogens with two attached hydrogens (primary N) is 1. The summed E-state index contributed by atoms with van der Waals surface area (Å²) in [4.78, 5) is 8.64. The van der Waals surface area contributed by atoms with E-state index in [1.54, 1.807) is 6.26 Å². The van der Waals surface area contributed by atoms with Gasteiger partial charge in [-0.15, -0.1) is 0 Å². The van der Waals surface area contributed by atoms with E-state index in [-0.39, 0.29) is 5.54 Å². The van der Waals surface area contributed by atoms with Crippen LogP contribution in [0, 0.1) is 0 Å². The zero-order chi connectivity index (χ0) is 14.6. The molecule has 0 amide bonds. The van der Waals surface area contributed by atoms with Gasteiger partial charge in [0.2, 0.25) is 5.89 Å². The second-order valence-corrected chi connectivity index (χ2v) is 5.59. The van der Waals surface area contributed by atoms with E-state index in [2.05, 4.69) is 15.3 Å². The van der Waals surface area contributed by atoms with Crippen LogP contribution >= 0.6 is 0 Å². The summed E-state index contributed by atoms with van der Waals surface area (Å²) in [6.45, 7) is 6.47. The molecule has 0 radical (unpaired) electrons. The zero-order valence-electron chi connectivity index (χ0n) is 12.1. The summed E-state index contributed by atoms with van der Waals surface area (Å²) in [7, 11) is 0. The number of guanidine groups is 1. The van der Waals surface area contributed by atoms with Gasteiger partial charge in [0.25, 0.3) is 0 Å². The molecule has 1 aromatic heterocycles. The lowest BCUT2D eigenvalue weighted by Crippen LogP contribution is -2.44. The molecule has 0 unspecified atom stereocenters. The Hall–Kier alpha value is -2.30. The maximum absolute atomic E-state index is 5.81. The molecule has 1 heterocycles. The van der Waals surface area contributed by atoms with Crippen LogP contribution in [0.2, 0.25) is 0 Å². The summed E-state index contributed by atoms with van der Waals surface area (Å²) in [5, 5.41) is 3.10. The van der Waals surface area contributed by atoms with Crippen molar-refractivity contribution in [1.29, 1.82) is 0 Å². The van der Waals surface area contributed by atoms with E-state index in [1.807, 2.05) is 51.1 Å². The molecule has 0 spiro atoms. The second-order valence-electron chi connectivity index (χ2n) is 5.59. The highest BCUT2D eigenvalue weighted by Crippen LogP contribution is 2.18. The molecule has 106 valence electrons. The largest absolute Gasteiger partial charge is 0.444 e. The topological polar surface area (TPSA) is 76.4 Å². The number of hydrogen-bond acceptors (Lipinski definition) is 3. The quantitative estimate of drug-likeness (QED) is 0.665. The van der Waals surface area contributed by atoms with E-state index in [9.17, 15) is 0 Å². The summed E-state index contributed by atoms with van der Waals surface area (Å²) in [6, 6.07) is 9.75. The van der Waals surface area contributed by atoms with Crippen molar-refractivity contribution in [3.63, 3.8) is 0 Å². The maximum atomic E-state index is 5.81. The van der Waals surface area contributed by atoms with Gasteiger partial charge in [0.1, 0.15) is 12.0 Å². The Labute approximate surface area is 118 Å². The molecule has 3 N–H and O–H groups in total. The molecule has 0 saturated heterocycles. The van der Waals surface area contributed by atoms with Gasteiger partial charge in [-0.2, -0.15) is 0 Å². The summed E-state index contributed by atoms with van der Waals surface area (Å²) < 4.78 is 5.44. The second kappa shape index (κ2) is 5.77. The third-order valence-corrected chi connectivity index (χ3v) is 2.49. The van der Waals surface area contributed by atoms with Gasteiger partial charge < -0.3 is 15.5 Å². The molecular formula is C15H20N4O. The van der Waals surface area contributed by atoms with Crippen molar-refractivity contribution in [2.75, 3.05) is 0 Å². The van der Waals surface area contributed by atoms with Crippen molar-refractivity contribution in [2.45, 2.75) is 32.9 Å². The van der Waals surface area contributed by atoms with Gasteiger partial charge in [-0.05, 0) is 32.9 Å². The molecule has 0 bridgehead atoms. The monoisotopic (exact) mass is 272 g/mol. The van der Waals surface area contributed by atoms with Crippen LogP contribution < -0.4 is 11.1 Å². The van der Waals surface area contributed by atoms with E-state index in [1.165, 1.54) is 0 Å². The molecule has 2 rings (SSSR count). The molecule has 0 fully saturated rings. The van der Waals surface area contributed by atoms with Crippen LogP contribution in [0.1, 0.15) is 26.5 Å². The fourth-order valence-electron chi connectivity index (χ4n) is 1.68. The van der Waals surface area contributed by atoms with Crippen molar-refractivity contribution in [2.24, 2.45) is 10.7 Å². The van der Waals surface area contributed by atoms with E-state index in [0.717, 1.165) is 11.3 Å². The lowest BCUT2D eigenvalue weighted by molar-refractivity contribution is 0.508. The first-order valence-corrected chi connectivity index (χ1v) is 6.52. The molecule has 0 aliphatic carbocycles. The van der Waals surface area contributed by atoms with E-state index >= 15 is 0 Å². The molecule has 0 saturated carbocycles. The number of rotatable bonds is 3. The number of nitrogens with zero attached hydrogens (tertiary/aromatic N) is 2. The molecule has 0 aliphatic rings. The molecule has 20 heavy (non-hydrogen) atoms. The van der Waals surface area contributed by atoms with Crippen molar-refractivity contribution >= 4 is 5.96 Å². The maximum Gasteiger partial charge on any atom is 0.226 e. The Balaban J connectivity index is 2.02. The summed E-state index contributed by atoms with van der Waals surface area (Å²) in [5.74, 6) is 1.000. The Morgan fingerprint density at radius 2 is 2.00 bits per heavy atom. The smallest absolute Gasteiger partial charge is 0.226 e. The number of aliphatic imine (C=N–C) groups is 1. The molecule has 1 aromatic carbocycles.